The minimum absolute atomic E-state index is 0.0101. The molecule has 1 saturated carbocycles. The van der Waals surface area contributed by atoms with Crippen molar-refractivity contribution in [3.8, 4) is 0 Å². The summed E-state index contributed by atoms with van der Waals surface area (Å²) in [7, 11) is 0. The number of carbonyl (C=O) groups excluding carboxylic acids is 2. The van der Waals surface area contributed by atoms with Gasteiger partial charge in [0, 0.05) is 6.42 Å². The third-order valence-electron chi connectivity index (χ3n) is 3.65. The van der Waals surface area contributed by atoms with E-state index in [2.05, 4.69) is 13.8 Å². The lowest BCUT2D eigenvalue weighted by Gasteiger charge is -2.26. The highest BCUT2D eigenvalue weighted by atomic mass is 16.6. The molecule has 1 aliphatic carbocycles. The van der Waals surface area contributed by atoms with E-state index in [-0.39, 0.29) is 18.1 Å². The Morgan fingerprint density at radius 2 is 2.12 bits per heavy atom. The average Bonchev–Trinajstić information content (AvgIpc) is 2.61. The summed E-state index contributed by atoms with van der Waals surface area (Å²) in [5.41, 5.74) is 0. The van der Waals surface area contributed by atoms with Crippen LogP contribution < -0.4 is 0 Å². The third-order valence-corrected chi connectivity index (χ3v) is 3.65. The molecular weight excluding hydrogens is 218 g/mol. The molecule has 1 aliphatic heterocycles. The monoisotopic (exact) mass is 239 g/mol. The number of nitrogens with zero attached hydrogens (tertiary/aromatic N) is 1. The van der Waals surface area contributed by atoms with Gasteiger partial charge in [-0.3, -0.25) is 4.79 Å². The summed E-state index contributed by atoms with van der Waals surface area (Å²) in [6.45, 7) is 4.16. The first-order valence-corrected chi connectivity index (χ1v) is 6.62. The van der Waals surface area contributed by atoms with Crippen LogP contribution in [0.25, 0.3) is 0 Å². The molecule has 0 N–H and O–H groups in total. The lowest BCUT2D eigenvalue weighted by atomic mass is 9.92. The Bertz CT molecular complexity index is 314. The lowest BCUT2D eigenvalue weighted by molar-refractivity contribution is -0.129. The van der Waals surface area contributed by atoms with Gasteiger partial charge in [-0.15, -0.1) is 0 Å². The van der Waals surface area contributed by atoms with E-state index >= 15 is 0 Å². The zero-order valence-corrected chi connectivity index (χ0v) is 10.6. The van der Waals surface area contributed by atoms with Crippen LogP contribution in [0.1, 0.15) is 52.4 Å². The second-order valence-electron chi connectivity index (χ2n) is 5.47. The van der Waals surface area contributed by atoms with Crippen molar-refractivity contribution in [1.29, 1.82) is 0 Å². The van der Waals surface area contributed by atoms with Gasteiger partial charge in [0.2, 0.25) is 5.91 Å². The van der Waals surface area contributed by atoms with Gasteiger partial charge in [0.15, 0.2) is 0 Å². The van der Waals surface area contributed by atoms with E-state index in [1.54, 1.807) is 0 Å². The molecule has 1 saturated heterocycles. The number of fused-ring (bicyclic) bond motifs is 1. The fourth-order valence-corrected chi connectivity index (χ4v) is 2.65. The van der Waals surface area contributed by atoms with Crippen LogP contribution in [0.5, 0.6) is 0 Å². The topological polar surface area (TPSA) is 46.6 Å². The molecule has 2 amide bonds. The van der Waals surface area contributed by atoms with Crippen LogP contribution in [-0.2, 0) is 9.53 Å². The van der Waals surface area contributed by atoms with E-state index in [9.17, 15) is 9.59 Å². The fraction of sp³-hybridized carbons (Fsp3) is 0.846. The second kappa shape index (κ2) is 5.07. The van der Waals surface area contributed by atoms with Gasteiger partial charge in [0.25, 0.3) is 0 Å². The molecule has 0 spiro atoms. The number of carbonyl (C=O) groups is 2. The first kappa shape index (κ1) is 12.4. The number of rotatable bonds is 3. The van der Waals surface area contributed by atoms with E-state index < -0.39 is 6.09 Å². The summed E-state index contributed by atoms with van der Waals surface area (Å²) in [5.74, 6) is 0.429. The highest BCUT2D eigenvalue weighted by molar-refractivity contribution is 5.93. The summed E-state index contributed by atoms with van der Waals surface area (Å²) >= 11 is 0. The molecule has 0 aromatic carbocycles. The maximum atomic E-state index is 12.0. The van der Waals surface area contributed by atoms with Crippen molar-refractivity contribution in [2.24, 2.45) is 5.92 Å². The smallest absolute Gasteiger partial charge is 0.417 e. The maximum absolute atomic E-state index is 12.0. The molecule has 0 bridgehead atoms. The Labute approximate surface area is 102 Å². The minimum atomic E-state index is -0.421. The van der Waals surface area contributed by atoms with Gasteiger partial charge in [-0.05, 0) is 31.6 Å². The van der Waals surface area contributed by atoms with Crippen molar-refractivity contribution >= 4 is 12.0 Å². The van der Waals surface area contributed by atoms with Crippen LogP contribution in [0.2, 0.25) is 0 Å². The molecule has 4 heteroatoms. The minimum Gasteiger partial charge on any atom is -0.444 e. The molecule has 17 heavy (non-hydrogen) atoms. The number of hydrogen-bond acceptors (Lipinski definition) is 3. The zero-order valence-electron chi connectivity index (χ0n) is 10.6. The van der Waals surface area contributed by atoms with Gasteiger partial charge in [0.1, 0.15) is 6.10 Å². The van der Waals surface area contributed by atoms with Crippen molar-refractivity contribution in [2.75, 3.05) is 0 Å². The molecule has 0 aromatic rings. The molecule has 2 atom stereocenters. The van der Waals surface area contributed by atoms with Crippen molar-refractivity contribution < 1.29 is 14.3 Å². The van der Waals surface area contributed by atoms with E-state index in [4.69, 9.17) is 4.74 Å². The molecular formula is C13H21NO3. The number of hydrogen-bond donors (Lipinski definition) is 0. The Hall–Kier alpha value is -1.06. The summed E-state index contributed by atoms with van der Waals surface area (Å²) < 4.78 is 5.27. The molecule has 0 unspecified atom stereocenters. The molecule has 2 fully saturated rings. The van der Waals surface area contributed by atoms with Crippen LogP contribution in [-0.4, -0.2) is 29.0 Å². The van der Waals surface area contributed by atoms with Gasteiger partial charge in [-0.2, -0.15) is 0 Å². The molecule has 96 valence electrons. The summed E-state index contributed by atoms with van der Waals surface area (Å²) in [4.78, 5) is 25.1. The Kier molecular flexibility index (Phi) is 3.69. The molecule has 2 aliphatic rings. The predicted octanol–water partition coefficient (Wildman–Crippen LogP) is 2.71. The van der Waals surface area contributed by atoms with Gasteiger partial charge in [-0.1, -0.05) is 20.3 Å². The fourth-order valence-electron chi connectivity index (χ4n) is 2.65. The lowest BCUT2D eigenvalue weighted by Crippen LogP contribution is -2.42. The molecule has 4 nitrogen and oxygen atoms in total. The summed E-state index contributed by atoms with van der Waals surface area (Å²) in [6.07, 6.45) is 4.83. The van der Waals surface area contributed by atoms with Crippen LogP contribution in [0.4, 0.5) is 4.79 Å². The van der Waals surface area contributed by atoms with Gasteiger partial charge < -0.3 is 4.74 Å². The first-order chi connectivity index (χ1) is 8.09. The zero-order chi connectivity index (χ0) is 12.4. The van der Waals surface area contributed by atoms with Gasteiger partial charge in [-0.25, -0.2) is 9.69 Å². The Balaban J connectivity index is 1.98. The van der Waals surface area contributed by atoms with Crippen LogP contribution in [0.15, 0.2) is 0 Å². The molecule has 2 rings (SSSR count). The van der Waals surface area contributed by atoms with Crippen LogP contribution in [0, 0.1) is 5.92 Å². The highest BCUT2D eigenvalue weighted by Crippen LogP contribution is 2.32. The first-order valence-electron chi connectivity index (χ1n) is 6.62. The van der Waals surface area contributed by atoms with Crippen molar-refractivity contribution in [3.63, 3.8) is 0 Å². The summed E-state index contributed by atoms with van der Waals surface area (Å²) in [6, 6.07) is 0.0101. The van der Waals surface area contributed by atoms with E-state index in [1.807, 2.05) is 0 Å². The van der Waals surface area contributed by atoms with Crippen molar-refractivity contribution in [3.05, 3.63) is 0 Å². The highest BCUT2D eigenvalue weighted by Gasteiger charge is 2.45. The van der Waals surface area contributed by atoms with Crippen molar-refractivity contribution in [2.45, 2.75) is 64.5 Å². The van der Waals surface area contributed by atoms with E-state index in [0.717, 1.165) is 32.1 Å². The maximum Gasteiger partial charge on any atom is 0.417 e. The van der Waals surface area contributed by atoms with Crippen LogP contribution in [0.3, 0.4) is 0 Å². The molecule has 1 heterocycles. The molecule has 0 radical (unpaired) electrons. The quantitative estimate of drug-likeness (QED) is 0.760. The van der Waals surface area contributed by atoms with Gasteiger partial charge in [0.05, 0.1) is 6.04 Å². The standard InChI is InChI=1S/C13H21NO3/c1-9(2)7-8-12(15)14-10-5-3-4-6-11(10)17-13(14)16/h9-11H,3-8H2,1-2H3/t10-,11-/m1/s1. The van der Waals surface area contributed by atoms with E-state index in [0.29, 0.717) is 12.3 Å². The Morgan fingerprint density at radius 1 is 1.41 bits per heavy atom. The number of imide groups is 1. The number of ether oxygens (including phenoxy) is 1. The second-order valence-corrected chi connectivity index (χ2v) is 5.47. The normalized spacial score (nSPS) is 28.2. The molecule has 0 aromatic heterocycles. The Morgan fingerprint density at radius 3 is 2.82 bits per heavy atom. The van der Waals surface area contributed by atoms with Gasteiger partial charge >= 0.3 is 6.09 Å². The van der Waals surface area contributed by atoms with Crippen molar-refractivity contribution in [1.82, 2.24) is 4.90 Å². The van der Waals surface area contributed by atoms with Crippen LogP contribution >= 0.6 is 0 Å². The average molecular weight is 239 g/mol. The summed E-state index contributed by atoms with van der Waals surface area (Å²) in [5, 5.41) is 0. The predicted molar refractivity (Wildman–Crippen MR) is 63.4 cm³/mol. The van der Waals surface area contributed by atoms with E-state index in [1.165, 1.54) is 4.90 Å². The number of amides is 2. The SMILES string of the molecule is CC(C)CCC(=O)N1C(=O)O[C@@H]2CCCC[C@H]21. The largest absolute Gasteiger partial charge is 0.444 e. The third kappa shape index (κ3) is 2.61.